The largest absolute Gasteiger partial charge is 0.281 e. The number of rotatable bonds is 3. The van der Waals surface area contributed by atoms with Gasteiger partial charge in [0, 0.05) is 28.8 Å². The Kier molecular flexibility index (Phi) is 3.10. The summed E-state index contributed by atoms with van der Waals surface area (Å²) < 4.78 is 0. The van der Waals surface area contributed by atoms with Gasteiger partial charge in [-0.1, -0.05) is 42.5 Å². The first kappa shape index (κ1) is 14.2. The van der Waals surface area contributed by atoms with Crippen LogP contribution in [0, 0.1) is 0 Å². The standard InChI is InChI=1S/C17H13N7S/c1-2-4-11(5-3-1)17(14-9-18-10-25-14)7-6-12-13(8-17)19-20-15(12)16-21-23-24-22-16/h1-7,9-10H,8H2,(H,19,20)(H,21,22,23,24). The number of tetrazole rings is 1. The van der Waals surface area contributed by atoms with Crippen LogP contribution in [0.1, 0.15) is 21.7 Å². The lowest BCUT2D eigenvalue weighted by atomic mass is 9.72. The Morgan fingerprint density at radius 3 is 2.80 bits per heavy atom. The van der Waals surface area contributed by atoms with Gasteiger partial charge in [0.2, 0.25) is 5.82 Å². The molecule has 0 radical (unpaired) electrons. The number of aromatic nitrogens is 7. The molecule has 3 aromatic heterocycles. The number of hydrogen-bond acceptors (Lipinski definition) is 6. The van der Waals surface area contributed by atoms with Crippen LogP contribution in [0.2, 0.25) is 0 Å². The quantitative estimate of drug-likeness (QED) is 0.594. The summed E-state index contributed by atoms with van der Waals surface area (Å²) in [6, 6.07) is 10.5. The van der Waals surface area contributed by atoms with Crippen molar-refractivity contribution in [2.24, 2.45) is 0 Å². The summed E-state index contributed by atoms with van der Waals surface area (Å²) in [5, 5.41) is 21.7. The Balaban J connectivity index is 1.66. The fraction of sp³-hybridized carbons (Fsp3) is 0.118. The number of aromatic amines is 2. The maximum atomic E-state index is 4.41. The molecule has 4 aromatic rings. The van der Waals surface area contributed by atoms with Gasteiger partial charge in [-0.15, -0.1) is 21.5 Å². The third-order valence-corrected chi connectivity index (χ3v) is 5.54. The van der Waals surface area contributed by atoms with Crippen LogP contribution in [0.15, 0.2) is 48.1 Å². The SMILES string of the molecule is C1=CC(c2ccccc2)(c2cncs2)Cc2[nH]nc(-c3nn[nH]n3)c21. The summed E-state index contributed by atoms with van der Waals surface area (Å²) in [6.07, 6.45) is 7.05. The summed E-state index contributed by atoms with van der Waals surface area (Å²) in [6.45, 7) is 0. The van der Waals surface area contributed by atoms with E-state index in [0.717, 1.165) is 17.7 Å². The van der Waals surface area contributed by atoms with Gasteiger partial charge in [-0.25, -0.2) is 0 Å². The van der Waals surface area contributed by atoms with E-state index in [9.17, 15) is 0 Å². The molecule has 2 N–H and O–H groups in total. The lowest BCUT2D eigenvalue weighted by Crippen LogP contribution is -2.29. The molecule has 0 bridgehead atoms. The summed E-state index contributed by atoms with van der Waals surface area (Å²) >= 11 is 1.67. The number of thiazole rings is 1. The Morgan fingerprint density at radius 1 is 1.12 bits per heavy atom. The van der Waals surface area contributed by atoms with Crippen molar-refractivity contribution in [2.75, 3.05) is 0 Å². The van der Waals surface area contributed by atoms with Gasteiger partial charge in [-0.3, -0.25) is 10.1 Å². The molecule has 8 heteroatoms. The fourth-order valence-corrected chi connectivity index (χ4v) is 4.20. The van der Waals surface area contributed by atoms with E-state index < -0.39 is 0 Å². The van der Waals surface area contributed by atoms with Crippen LogP contribution in [0.3, 0.4) is 0 Å². The molecule has 5 rings (SSSR count). The third-order valence-electron chi connectivity index (χ3n) is 4.59. The average Bonchev–Trinajstić information content (AvgIpc) is 3.42. The second kappa shape index (κ2) is 5.45. The number of H-pyrrole nitrogens is 2. The van der Waals surface area contributed by atoms with Gasteiger partial charge in [0.05, 0.1) is 10.9 Å². The van der Waals surface area contributed by atoms with E-state index in [0.29, 0.717) is 11.5 Å². The maximum absolute atomic E-state index is 4.41. The van der Waals surface area contributed by atoms with E-state index in [-0.39, 0.29) is 5.41 Å². The van der Waals surface area contributed by atoms with Gasteiger partial charge in [-0.2, -0.15) is 10.3 Å². The zero-order chi connectivity index (χ0) is 16.7. The van der Waals surface area contributed by atoms with Crippen LogP contribution in [0.25, 0.3) is 17.6 Å². The second-order valence-electron chi connectivity index (χ2n) is 5.91. The van der Waals surface area contributed by atoms with E-state index >= 15 is 0 Å². The number of fused-ring (bicyclic) bond motifs is 1. The highest BCUT2D eigenvalue weighted by Crippen LogP contribution is 2.43. The molecule has 1 aliphatic carbocycles. The molecule has 3 heterocycles. The number of nitrogens with zero attached hydrogens (tertiary/aromatic N) is 5. The van der Waals surface area contributed by atoms with Gasteiger partial charge in [0.25, 0.3) is 0 Å². The van der Waals surface area contributed by atoms with Gasteiger partial charge in [0.1, 0.15) is 5.69 Å². The van der Waals surface area contributed by atoms with Gasteiger partial charge in [-0.05, 0) is 10.8 Å². The highest BCUT2D eigenvalue weighted by atomic mass is 32.1. The molecule has 0 saturated heterocycles. The Morgan fingerprint density at radius 2 is 2.04 bits per heavy atom. The van der Waals surface area contributed by atoms with Crippen molar-refractivity contribution in [1.29, 1.82) is 0 Å². The number of nitrogens with one attached hydrogen (secondary N) is 2. The Labute approximate surface area is 146 Å². The third kappa shape index (κ3) is 2.14. The van der Waals surface area contributed by atoms with Crippen molar-refractivity contribution in [3.63, 3.8) is 0 Å². The molecule has 0 spiro atoms. The molecule has 25 heavy (non-hydrogen) atoms. The molecule has 1 unspecified atom stereocenters. The predicted molar refractivity (Wildman–Crippen MR) is 93.8 cm³/mol. The minimum Gasteiger partial charge on any atom is -0.281 e. The van der Waals surface area contributed by atoms with Crippen LogP contribution >= 0.6 is 11.3 Å². The summed E-state index contributed by atoms with van der Waals surface area (Å²) in [5.74, 6) is 0.493. The maximum Gasteiger partial charge on any atom is 0.225 e. The molecule has 0 aliphatic heterocycles. The fourth-order valence-electron chi connectivity index (χ4n) is 3.38. The van der Waals surface area contributed by atoms with E-state index in [1.54, 1.807) is 11.3 Å². The van der Waals surface area contributed by atoms with Crippen molar-refractivity contribution < 1.29 is 0 Å². The summed E-state index contributed by atoms with van der Waals surface area (Å²) in [4.78, 5) is 5.50. The highest BCUT2D eigenvalue weighted by Gasteiger charge is 2.38. The first-order chi connectivity index (χ1) is 12.4. The lowest BCUT2D eigenvalue weighted by Gasteiger charge is -2.32. The van der Waals surface area contributed by atoms with Crippen LogP contribution in [0.4, 0.5) is 0 Å². The smallest absolute Gasteiger partial charge is 0.225 e. The topological polar surface area (TPSA) is 96.0 Å². The van der Waals surface area contributed by atoms with Crippen molar-refractivity contribution in [1.82, 2.24) is 35.8 Å². The molecule has 1 atom stereocenters. The minimum atomic E-state index is -0.253. The average molecular weight is 347 g/mol. The molecule has 1 aromatic carbocycles. The van der Waals surface area contributed by atoms with Gasteiger partial charge in [0.15, 0.2) is 0 Å². The molecule has 7 nitrogen and oxygen atoms in total. The van der Waals surface area contributed by atoms with Crippen molar-refractivity contribution >= 4 is 17.4 Å². The molecule has 122 valence electrons. The molecular formula is C17H13N7S. The summed E-state index contributed by atoms with van der Waals surface area (Å²) in [7, 11) is 0. The number of benzene rings is 1. The zero-order valence-electron chi connectivity index (χ0n) is 13.0. The monoisotopic (exact) mass is 347 g/mol. The Bertz CT molecular complexity index is 1020. The molecular weight excluding hydrogens is 334 g/mol. The predicted octanol–water partition coefficient (Wildman–Crippen LogP) is 2.60. The number of allylic oxidation sites excluding steroid dienone is 1. The first-order valence-corrected chi connectivity index (χ1v) is 8.69. The Hall–Kier alpha value is -3.13. The lowest BCUT2D eigenvalue weighted by molar-refractivity contribution is 0.631. The zero-order valence-corrected chi connectivity index (χ0v) is 13.9. The van der Waals surface area contributed by atoms with Crippen LogP contribution in [-0.4, -0.2) is 35.8 Å². The van der Waals surface area contributed by atoms with Crippen molar-refractivity contribution in [2.45, 2.75) is 11.8 Å². The first-order valence-electron chi connectivity index (χ1n) is 7.82. The van der Waals surface area contributed by atoms with Crippen LogP contribution < -0.4 is 0 Å². The van der Waals surface area contributed by atoms with E-state index in [2.05, 4.69) is 72.2 Å². The minimum absolute atomic E-state index is 0.253. The number of hydrogen-bond donors (Lipinski definition) is 2. The second-order valence-corrected chi connectivity index (χ2v) is 6.80. The van der Waals surface area contributed by atoms with E-state index in [4.69, 9.17) is 0 Å². The molecule has 0 fully saturated rings. The van der Waals surface area contributed by atoms with Crippen LogP contribution in [-0.2, 0) is 11.8 Å². The van der Waals surface area contributed by atoms with E-state index in [1.165, 1.54) is 10.4 Å². The highest BCUT2D eigenvalue weighted by molar-refractivity contribution is 7.09. The van der Waals surface area contributed by atoms with Gasteiger partial charge >= 0.3 is 0 Å². The molecule has 1 aliphatic rings. The summed E-state index contributed by atoms with van der Waals surface area (Å²) in [5.41, 5.74) is 5.64. The normalized spacial score (nSPS) is 19.0. The molecule has 0 amide bonds. The van der Waals surface area contributed by atoms with E-state index in [1.807, 2.05) is 17.8 Å². The van der Waals surface area contributed by atoms with Crippen molar-refractivity contribution in [3.8, 4) is 11.5 Å². The van der Waals surface area contributed by atoms with Crippen LogP contribution in [0.5, 0.6) is 0 Å². The van der Waals surface area contributed by atoms with Crippen molar-refractivity contribution in [3.05, 3.63) is 69.8 Å². The van der Waals surface area contributed by atoms with Gasteiger partial charge < -0.3 is 0 Å². The molecule has 0 saturated carbocycles.